The van der Waals surface area contributed by atoms with Crippen molar-refractivity contribution < 1.29 is 24.5 Å². The predicted molar refractivity (Wildman–Crippen MR) is 90.2 cm³/mol. The van der Waals surface area contributed by atoms with Crippen LogP contribution >= 0.6 is 0 Å². The normalized spacial score (nSPS) is 20.9. The molecule has 1 atom stereocenters. The van der Waals surface area contributed by atoms with Crippen LogP contribution in [0.5, 0.6) is 23.0 Å². The molecule has 2 aliphatic rings. The van der Waals surface area contributed by atoms with Crippen LogP contribution in [-0.2, 0) is 5.79 Å². The molecule has 1 heterocycles. The van der Waals surface area contributed by atoms with Crippen LogP contribution in [0.1, 0.15) is 28.8 Å². The summed E-state index contributed by atoms with van der Waals surface area (Å²) in [6.07, 6.45) is 0.562. The molecule has 1 aliphatic heterocycles. The number of carbonyl (C=O) groups is 1. The van der Waals surface area contributed by atoms with E-state index in [-0.39, 0.29) is 29.3 Å². The third-order valence-electron chi connectivity index (χ3n) is 4.90. The largest absolute Gasteiger partial charge is 0.507 e. The first-order valence-corrected chi connectivity index (χ1v) is 8.07. The number of carbonyl (C=O) groups excluding carboxylic acids is 1. The monoisotopic (exact) mass is 334 g/mol. The van der Waals surface area contributed by atoms with E-state index < -0.39 is 5.79 Å². The molecule has 1 spiro atoms. The average Bonchev–Trinajstić information content (AvgIpc) is 2.62. The quantitative estimate of drug-likeness (QED) is 0.653. The molecule has 3 aromatic carbocycles. The number of phenols is 2. The number of hydrogen-bond donors (Lipinski definition) is 2. The summed E-state index contributed by atoms with van der Waals surface area (Å²) in [6, 6.07) is 13.6. The fraction of sp³-hybridized carbons (Fsp3) is 0.150. The zero-order valence-corrected chi connectivity index (χ0v) is 13.2. The van der Waals surface area contributed by atoms with Gasteiger partial charge in [-0.2, -0.15) is 0 Å². The smallest absolute Gasteiger partial charge is 0.279 e. The van der Waals surface area contributed by atoms with Gasteiger partial charge >= 0.3 is 0 Å². The molecule has 0 saturated carbocycles. The van der Waals surface area contributed by atoms with E-state index in [9.17, 15) is 15.0 Å². The Kier molecular flexibility index (Phi) is 2.64. The molecule has 124 valence electrons. The van der Waals surface area contributed by atoms with Crippen LogP contribution in [0, 0.1) is 0 Å². The molecular formula is C20H14O5. The molecule has 1 unspecified atom stereocenters. The first-order valence-electron chi connectivity index (χ1n) is 8.07. The van der Waals surface area contributed by atoms with Crippen molar-refractivity contribution in [2.75, 3.05) is 0 Å². The lowest BCUT2D eigenvalue weighted by Gasteiger charge is -2.41. The summed E-state index contributed by atoms with van der Waals surface area (Å²) >= 11 is 0. The SMILES string of the molecule is O=C1CCC2(Oc3cccc4c(O)ccc(c34)O2)c2cccc(O)c21. The highest BCUT2D eigenvalue weighted by Crippen LogP contribution is 2.51. The molecule has 25 heavy (non-hydrogen) atoms. The van der Waals surface area contributed by atoms with Crippen LogP contribution < -0.4 is 9.47 Å². The number of rotatable bonds is 0. The van der Waals surface area contributed by atoms with E-state index in [2.05, 4.69) is 0 Å². The average molecular weight is 334 g/mol. The van der Waals surface area contributed by atoms with Gasteiger partial charge in [0, 0.05) is 18.2 Å². The van der Waals surface area contributed by atoms with Gasteiger partial charge in [-0.25, -0.2) is 0 Å². The Morgan fingerprint density at radius 2 is 1.64 bits per heavy atom. The number of ketones is 1. The number of aromatic hydroxyl groups is 2. The minimum atomic E-state index is -1.17. The van der Waals surface area contributed by atoms with Crippen LogP contribution in [0.4, 0.5) is 0 Å². The highest BCUT2D eigenvalue weighted by atomic mass is 16.7. The Morgan fingerprint density at radius 3 is 2.48 bits per heavy atom. The summed E-state index contributed by atoms with van der Waals surface area (Å²) in [4.78, 5) is 12.3. The molecule has 0 saturated heterocycles. The fourth-order valence-electron chi connectivity index (χ4n) is 3.77. The molecule has 0 aromatic heterocycles. The summed E-state index contributed by atoms with van der Waals surface area (Å²) in [5.74, 6) is -0.0402. The number of Topliss-reactive ketones (excluding diaryl/α,β-unsaturated/α-hetero) is 1. The summed E-state index contributed by atoms with van der Waals surface area (Å²) in [5.41, 5.74) is 0.780. The second-order valence-corrected chi connectivity index (χ2v) is 6.34. The Bertz CT molecular complexity index is 1040. The first kappa shape index (κ1) is 14.2. The number of benzene rings is 3. The highest BCUT2D eigenvalue weighted by Gasteiger charge is 2.47. The van der Waals surface area contributed by atoms with Gasteiger partial charge in [0.2, 0.25) is 0 Å². The van der Waals surface area contributed by atoms with Crippen LogP contribution in [0.2, 0.25) is 0 Å². The van der Waals surface area contributed by atoms with Crippen LogP contribution in [0.25, 0.3) is 10.8 Å². The maximum Gasteiger partial charge on any atom is 0.279 e. The summed E-state index contributed by atoms with van der Waals surface area (Å²) < 4.78 is 12.4. The van der Waals surface area contributed by atoms with E-state index in [0.29, 0.717) is 34.3 Å². The molecule has 5 nitrogen and oxygen atoms in total. The lowest BCUT2D eigenvalue weighted by Crippen LogP contribution is -2.45. The standard InChI is InChI=1S/C20H14O5/c21-13-7-8-17-18-11(13)3-1-6-16(18)24-20(25-17)10-9-15(23)19-12(20)4-2-5-14(19)22/h1-8,21-22H,9-10H2. The Labute approximate surface area is 143 Å². The second kappa shape index (κ2) is 4.66. The number of fused-ring (bicyclic) bond motifs is 2. The molecule has 2 N–H and O–H groups in total. The minimum Gasteiger partial charge on any atom is -0.507 e. The minimum absolute atomic E-state index is 0.0662. The maximum atomic E-state index is 12.3. The highest BCUT2D eigenvalue weighted by molar-refractivity contribution is 6.02. The third kappa shape index (κ3) is 1.80. The molecule has 0 bridgehead atoms. The summed E-state index contributed by atoms with van der Waals surface area (Å²) in [6.45, 7) is 0. The van der Waals surface area contributed by atoms with Gasteiger partial charge in [0.15, 0.2) is 5.78 Å². The summed E-state index contributed by atoms with van der Waals surface area (Å²) in [7, 11) is 0. The Hall–Kier alpha value is -3.21. The van der Waals surface area contributed by atoms with Crippen molar-refractivity contribution in [2.45, 2.75) is 18.6 Å². The molecule has 5 rings (SSSR count). The second-order valence-electron chi connectivity index (χ2n) is 6.34. The van der Waals surface area contributed by atoms with Crippen molar-refractivity contribution in [3.05, 3.63) is 59.7 Å². The van der Waals surface area contributed by atoms with Gasteiger partial charge in [0.1, 0.15) is 23.0 Å². The van der Waals surface area contributed by atoms with Gasteiger partial charge in [0.25, 0.3) is 5.79 Å². The van der Waals surface area contributed by atoms with E-state index >= 15 is 0 Å². The van der Waals surface area contributed by atoms with Crippen molar-refractivity contribution in [1.29, 1.82) is 0 Å². The molecule has 0 fully saturated rings. The number of phenolic OH excluding ortho intramolecular Hbond substituents is 2. The van der Waals surface area contributed by atoms with Crippen molar-refractivity contribution in [3.8, 4) is 23.0 Å². The zero-order valence-electron chi connectivity index (χ0n) is 13.2. The van der Waals surface area contributed by atoms with Crippen LogP contribution in [0.3, 0.4) is 0 Å². The molecule has 0 radical (unpaired) electrons. The van der Waals surface area contributed by atoms with E-state index in [4.69, 9.17) is 9.47 Å². The molecular weight excluding hydrogens is 320 g/mol. The van der Waals surface area contributed by atoms with Gasteiger partial charge in [-0.1, -0.05) is 24.3 Å². The molecule has 1 aliphatic carbocycles. The van der Waals surface area contributed by atoms with Crippen LogP contribution in [-0.4, -0.2) is 16.0 Å². The predicted octanol–water partition coefficient (Wildman–Crippen LogP) is 3.85. The maximum absolute atomic E-state index is 12.3. The Balaban J connectivity index is 1.77. The zero-order chi connectivity index (χ0) is 17.2. The summed E-state index contributed by atoms with van der Waals surface area (Å²) in [5, 5.41) is 21.6. The van der Waals surface area contributed by atoms with E-state index in [1.54, 1.807) is 36.4 Å². The van der Waals surface area contributed by atoms with E-state index in [1.165, 1.54) is 6.07 Å². The van der Waals surface area contributed by atoms with Gasteiger partial charge < -0.3 is 19.7 Å². The number of hydrogen-bond acceptors (Lipinski definition) is 5. The molecule has 3 aromatic rings. The van der Waals surface area contributed by atoms with Crippen molar-refractivity contribution in [3.63, 3.8) is 0 Å². The lowest BCUT2D eigenvalue weighted by molar-refractivity contribution is -0.135. The van der Waals surface area contributed by atoms with Crippen molar-refractivity contribution in [1.82, 2.24) is 0 Å². The van der Waals surface area contributed by atoms with Gasteiger partial charge in [0.05, 0.1) is 16.5 Å². The topological polar surface area (TPSA) is 76.0 Å². The van der Waals surface area contributed by atoms with Crippen molar-refractivity contribution >= 4 is 16.6 Å². The Morgan fingerprint density at radius 1 is 0.880 bits per heavy atom. The van der Waals surface area contributed by atoms with Gasteiger partial charge in [-0.05, 0) is 24.3 Å². The van der Waals surface area contributed by atoms with Gasteiger partial charge in [-0.3, -0.25) is 4.79 Å². The first-order chi connectivity index (χ1) is 12.1. The van der Waals surface area contributed by atoms with Crippen LogP contribution in [0.15, 0.2) is 48.5 Å². The van der Waals surface area contributed by atoms with E-state index in [0.717, 1.165) is 0 Å². The fourth-order valence-corrected chi connectivity index (χ4v) is 3.77. The lowest BCUT2D eigenvalue weighted by atomic mass is 9.84. The third-order valence-corrected chi connectivity index (χ3v) is 4.90. The van der Waals surface area contributed by atoms with Gasteiger partial charge in [-0.15, -0.1) is 0 Å². The van der Waals surface area contributed by atoms with E-state index in [1.807, 2.05) is 6.07 Å². The van der Waals surface area contributed by atoms with Crippen molar-refractivity contribution in [2.24, 2.45) is 0 Å². The molecule has 0 amide bonds. The molecule has 5 heteroatoms. The number of ether oxygens (including phenoxy) is 2.